The van der Waals surface area contributed by atoms with Gasteiger partial charge in [0.1, 0.15) is 18.3 Å². The topological polar surface area (TPSA) is 192 Å². The molecule has 12 nitrogen and oxygen atoms in total. The molecule has 5 fully saturated rings. The van der Waals surface area contributed by atoms with Crippen molar-refractivity contribution in [2.45, 2.75) is 147 Å². The molecule has 0 spiro atoms. The summed E-state index contributed by atoms with van der Waals surface area (Å²) in [6.07, 6.45) is -0.342. The van der Waals surface area contributed by atoms with Crippen LogP contribution >= 0.6 is 0 Å². The Morgan fingerprint density at radius 2 is 1.63 bits per heavy atom. The van der Waals surface area contributed by atoms with Gasteiger partial charge in [0.25, 0.3) is 0 Å². The second kappa shape index (κ2) is 13.4. The van der Waals surface area contributed by atoms with Crippen molar-refractivity contribution in [3.8, 4) is 0 Å². The summed E-state index contributed by atoms with van der Waals surface area (Å²) >= 11 is 0. The van der Waals surface area contributed by atoms with Gasteiger partial charge in [0, 0.05) is 19.4 Å². The van der Waals surface area contributed by atoms with Crippen LogP contribution in [0, 0.1) is 46.3 Å². The molecule has 5 aliphatic rings. The fraction of sp³-hybridized carbons (Fsp3) is 1.00. The molecule has 0 amide bonds. The summed E-state index contributed by atoms with van der Waals surface area (Å²) in [6, 6.07) is 0. The Hall–Kier alpha value is -0.450. The minimum Gasteiger partial charge on any atom is -0.393 e. The van der Waals surface area contributed by atoms with Crippen LogP contribution in [0.2, 0.25) is 0 Å². The summed E-state index contributed by atoms with van der Waals surface area (Å²) in [5.74, 6) is -0.0431. The highest BCUT2D eigenvalue weighted by atomic mass is 32.3. The SMILES string of the molecule is CO[C@H]1[C@H](O)[C@@H](O[C@@H](CC[C@@H](C)[C@H]2CC(O)C3[C@]4(O)C[C@H](O)C5C[C@@H](O)CC[C@]5(C)C4CC[C@@]32C)C(C)C)O[C@@H]1COS(=O)(=O)O. The van der Waals surface area contributed by atoms with E-state index in [1.807, 2.05) is 13.8 Å². The maximum Gasteiger partial charge on any atom is 0.397 e. The van der Waals surface area contributed by atoms with Crippen molar-refractivity contribution in [1.29, 1.82) is 0 Å². The van der Waals surface area contributed by atoms with Gasteiger partial charge in [-0.3, -0.25) is 4.55 Å². The first-order valence-corrected chi connectivity index (χ1v) is 18.6. The molecule has 13 heteroatoms. The molecule has 6 N–H and O–H groups in total. The van der Waals surface area contributed by atoms with Crippen LogP contribution in [0.1, 0.15) is 92.4 Å². The summed E-state index contributed by atoms with van der Waals surface area (Å²) < 4.78 is 53.0. The summed E-state index contributed by atoms with van der Waals surface area (Å²) in [7, 11) is -3.33. The van der Waals surface area contributed by atoms with Crippen LogP contribution < -0.4 is 0 Å². The number of aliphatic hydroxyl groups is 5. The number of hydrogen-bond donors (Lipinski definition) is 6. The predicted octanol–water partition coefficient (Wildman–Crippen LogP) is 2.44. The summed E-state index contributed by atoms with van der Waals surface area (Å²) in [5, 5.41) is 56.8. The van der Waals surface area contributed by atoms with Crippen molar-refractivity contribution in [2.24, 2.45) is 46.3 Å². The van der Waals surface area contributed by atoms with E-state index in [0.29, 0.717) is 25.7 Å². The quantitative estimate of drug-likeness (QED) is 0.175. The van der Waals surface area contributed by atoms with Crippen LogP contribution in [0.5, 0.6) is 0 Å². The molecule has 4 saturated carbocycles. The van der Waals surface area contributed by atoms with Crippen molar-refractivity contribution in [2.75, 3.05) is 13.7 Å². The lowest BCUT2D eigenvalue weighted by Crippen LogP contribution is -2.68. The average molecular weight is 679 g/mol. The van der Waals surface area contributed by atoms with Crippen LogP contribution in [0.15, 0.2) is 0 Å². The molecule has 5 rings (SSSR count). The van der Waals surface area contributed by atoms with Gasteiger partial charge in [-0.25, -0.2) is 4.18 Å². The Labute approximate surface area is 274 Å². The molecular formula is C33H58O12S. The lowest BCUT2D eigenvalue weighted by atomic mass is 9.42. The van der Waals surface area contributed by atoms with Crippen molar-refractivity contribution >= 4 is 10.4 Å². The molecule has 1 aliphatic heterocycles. The maximum absolute atomic E-state index is 12.6. The van der Waals surface area contributed by atoms with Gasteiger partial charge in [-0.1, -0.05) is 34.6 Å². The Morgan fingerprint density at radius 3 is 2.26 bits per heavy atom. The van der Waals surface area contributed by atoms with Gasteiger partial charge in [-0.15, -0.1) is 0 Å². The lowest BCUT2D eigenvalue weighted by Gasteiger charge is -2.66. The first-order chi connectivity index (χ1) is 21.4. The van der Waals surface area contributed by atoms with E-state index >= 15 is 0 Å². The van der Waals surface area contributed by atoms with Crippen LogP contribution in [-0.4, -0.2) is 107 Å². The summed E-state index contributed by atoms with van der Waals surface area (Å²) in [6.45, 7) is 10.1. The summed E-state index contributed by atoms with van der Waals surface area (Å²) in [4.78, 5) is 0. The Balaban J connectivity index is 1.26. The van der Waals surface area contributed by atoms with Crippen LogP contribution in [0.3, 0.4) is 0 Å². The molecule has 268 valence electrons. The molecule has 0 aromatic carbocycles. The minimum absolute atomic E-state index is 0.0399. The van der Waals surface area contributed by atoms with E-state index in [0.717, 1.165) is 25.7 Å². The Kier molecular flexibility index (Phi) is 10.7. The highest BCUT2D eigenvalue weighted by Crippen LogP contribution is 2.69. The first-order valence-electron chi connectivity index (χ1n) is 17.3. The third-order valence-corrected chi connectivity index (χ3v) is 13.8. The molecule has 0 bridgehead atoms. The third-order valence-electron chi connectivity index (χ3n) is 13.3. The van der Waals surface area contributed by atoms with Gasteiger partial charge < -0.3 is 39.7 Å². The highest BCUT2D eigenvalue weighted by Gasteiger charge is 2.70. The summed E-state index contributed by atoms with van der Waals surface area (Å²) in [5.41, 5.74) is -1.78. The molecule has 1 saturated heterocycles. The number of rotatable bonds is 11. The molecular weight excluding hydrogens is 620 g/mol. The number of aliphatic hydroxyl groups excluding tert-OH is 4. The lowest BCUT2D eigenvalue weighted by molar-refractivity contribution is -0.263. The Bertz CT molecular complexity index is 1170. The zero-order chi connectivity index (χ0) is 34.0. The van der Waals surface area contributed by atoms with Gasteiger partial charge in [0.2, 0.25) is 0 Å². The van der Waals surface area contributed by atoms with E-state index in [1.54, 1.807) is 0 Å². The van der Waals surface area contributed by atoms with Gasteiger partial charge in [-0.2, -0.15) is 8.42 Å². The smallest absolute Gasteiger partial charge is 0.393 e. The average Bonchev–Trinajstić information content (AvgIpc) is 3.41. The second-order valence-electron chi connectivity index (χ2n) is 16.2. The van der Waals surface area contributed by atoms with E-state index in [4.69, 9.17) is 18.8 Å². The van der Waals surface area contributed by atoms with Crippen LogP contribution in [0.25, 0.3) is 0 Å². The zero-order valence-electron chi connectivity index (χ0n) is 28.2. The maximum atomic E-state index is 12.6. The van der Waals surface area contributed by atoms with Crippen molar-refractivity contribution < 1.29 is 56.9 Å². The fourth-order valence-electron chi connectivity index (χ4n) is 11.2. The van der Waals surface area contributed by atoms with Gasteiger partial charge in [0.15, 0.2) is 6.29 Å². The minimum atomic E-state index is -4.70. The molecule has 0 aromatic heterocycles. The van der Waals surface area contributed by atoms with Gasteiger partial charge in [-0.05, 0) is 91.8 Å². The van der Waals surface area contributed by atoms with E-state index in [2.05, 4.69) is 25.0 Å². The van der Waals surface area contributed by atoms with Crippen LogP contribution in [0.4, 0.5) is 0 Å². The number of fused-ring (bicyclic) bond motifs is 5. The predicted molar refractivity (Wildman–Crippen MR) is 167 cm³/mol. The standard InChI is InChI=1S/C33H58O12S/c1-17(2)24(44-30-27(37)28(42-6)25(45-30)16-43-46(39,40)41)8-7-18(3)20-14-22(35)29-32(20,5)12-10-26-31(4)11-9-19(34)13-21(31)23(36)15-33(26,29)38/h17-30,34-38H,7-16H2,1-6H3,(H,39,40,41)/t18-,19+,20-,21?,22?,23+,24+,25-,26?,27+,28-,29?,30+,31+,32-,33+/m1/s1. The van der Waals surface area contributed by atoms with E-state index in [9.17, 15) is 34.0 Å². The molecule has 16 atom stereocenters. The number of hydrogen-bond acceptors (Lipinski definition) is 11. The second-order valence-corrected chi connectivity index (χ2v) is 17.3. The first kappa shape index (κ1) is 36.8. The third kappa shape index (κ3) is 6.57. The fourth-order valence-corrected chi connectivity index (χ4v) is 11.5. The molecule has 1 heterocycles. The van der Waals surface area contributed by atoms with Crippen molar-refractivity contribution in [3.63, 3.8) is 0 Å². The molecule has 0 radical (unpaired) electrons. The number of ether oxygens (including phenoxy) is 3. The Morgan fingerprint density at radius 1 is 0.957 bits per heavy atom. The van der Waals surface area contributed by atoms with Gasteiger partial charge in [0.05, 0.1) is 36.6 Å². The normalized spacial score (nSPS) is 48.9. The molecule has 4 aliphatic carbocycles. The highest BCUT2D eigenvalue weighted by molar-refractivity contribution is 7.80. The monoisotopic (exact) mass is 678 g/mol. The van der Waals surface area contributed by atoms with Gasteiger partial charge >= 0.3 is 10.4 Å². The van der Waals surface area contributed by atoms with Crippen molar-refractivity contribution in [1.82, 2.24) is 0 Å². The number of methoxy groups -OCH3 is 1. The zero-order valence-corrected chi connectivity index (χ0v) is 29.0. The largest absolute Gasteiger partial charge is 0.397 e. The van der Waals surface area contributed by atoms with E-state index < -0.39 is 65.5 Å². The van der Waals surface area contributed by atoms with E-state index in [-0.39, 0.29) is 58.9 Å². The molecule has 0 aromatic rings. The van der Waals surface area contributed by atoms with Crippen LogP contribution in [-0.2, 0) is 28.8 Å². The van der Waals surface area contributed by atoms with Crippen molar-refractivity contribution in [3.05, 3.63) is 0 Å². The van der Waals surface area contributed by atoms with E-state index in [1.165, 1.54) is 7.11 Å². The molecule has 4 unspecified atom stereocenters. The molecule has 46 heavy (non-hydrogen) atoms.